The second-order valence-electron chi connectivity index (χ2n) is 8.68. The Balaban J connectivity index is 1.63. The highest BCUT2D eigenvalue weighted by atomic mass is 35.5. The number of nitrogens with one attached hydrogen (secondary N) is 1. The van der Waals surface area contributed by atoms with Crippen LogP contribution in [0.1, 0.15) is 28.7 Å². The van der Waals surface area contributed by atoms with Gasteiger partial charge in [0.05, 0.1) is 18.8 Å². The van der Waals surface area contributed by atoms with Gasteiger partial charge in [-0.3, -0.25) is 19.4 Å². The molecule has 0 aliphatic carbocycles. The lowest BCUT2D eigenvalue weighted by Crippen LogP contribution is -2.39. The number of hydrogen-bond acceptors (Lipinski definition) is 5. The molecule has 0 bridgehead atoms. The summed E-state index contributed by atoms with van der Waals surface area (Å²) in [5.41, 5.74) is 5.12. The van der Waals surface area contributed by atoms with Crippen molar-refractivity contribution < 1.29 is 14.3 Å². The van der Waals surface area contributed by atoms with E-state index < -0.39 is 0 Å². The number of benzene rings is 2. The number of rotatable bonds is 7. The minimum absolute atomic E-state index is 0.254. The summed E-state index contributed by atoms with van der Waals surface area (Å²) < 4.78 is 5.40. The first-order chi connectivity index (χ1) is 15.9. The van der Waals surface area contributed by atoms with Gasteiger partial charge in [-0.15, -0.1) is 0 Å². The predicted octanol–water partition coefficient (Wildman–Crippen LogP) is 4.18. The van der Waals surface area contributed by atoms with Crippen LogP contribution >= 0.6 is 11.6 Å². The lowest BCUT2D eigenvalue weighted by atomic mass is 9.97. The van der Waals surface area contributed by atoms with E-state index >= 15 is 0 Å². The van der Waals surface area contributed by atoms with E-state index in [0.29, 0.717) is 22.8 Å². The lowest BCUT2D eigenvalue weighted by Gasteiger charge is -2.27. The van der Waals surface area contributed by atoms with Gasteiger partial charge in [-0.25, -0.2) is 0 Å². The fourth-order valence-electron chi connectivity index (χ4n) is 4.39. The Labute approximate surface area is 200 Å². The van der Waals surface area contributed by atoms with Crippen LogP contribution in [-0.4, -0.2) is 61.0 Å². The largest absolute Gasteiger partial charge is 0.379 e. The number of nitrogens with zero attached hydrogens (tertiary/aromatic N) is 2. The zero-order valence-electron chi connectivity index (χ0n) is 19.4. The first kappa shape index (κ1) is 23.5. The molecule has 0 radical (unpaired) electrons. The van der Waals surface area contributed by atoms with E-state index in [4.69, 9.17) is 16.3 Å². The third-order valence-electron chi connectivity index (χ3n) is 6.31. The van der Waals surface area contributed by atoms with E-state index in [1.807, 2.05) is 51.1 Å². The van der Waals surface area contributed by atoms with Gasteiger partial charge >= 0.3 is 0 Å². The van der Waals surface area contributed by atoms with E-state index in [2.05, 4.69) is 10.2 Å². The highest BCUT2D eigenvalue weighted by Crippen LogP contribution is 2.34. The minimum atomic E-state index is -0.295. The Morgan fingerprint density at radius 1 is 1.00 bits per heavy atom. The van der Waals surface area contributed by atoms with Gasteiger partial charge in [0.15, 0.2) is 0 Å². The van der Waals surface area contributed by atoms with Crippen molar-refractivity contribution in [2.24, 2.45) is 0 Å². The van der Waals surface area contributed by atoms with Gasteiger partial charge < -0.3 is 10.1 Å². The Kier molecular flexibility index (Phi) is 7.17. The lowest BCUT2D eigenvalue weighted by molar-refractivity contribution is -0.136. The van der Waals surface area contributed by atoms with Gasteiger partial charge in [-0.2, -0.15) is 0 Å². The van der Waals surface area contributed by atoms with Crippen LogP contribution < -0.4 is 5.32 Å². The minimum Gasteiger partial charge on any atom is -0.379 e. The summed E-state index contributed by atoms with van der Waals surface area (Å²) in [6.07, 6.45) is 0.723. The SMILES string of the molecule is Cc1ccc(C2=C(Nc3cccc(Cl)c3C)C(=O)N(CCCN3CCOCC3)C2=O)c(C)c1. The molecule has 1 N–H and O–H groups in total. The average Bonchev–Trinajstić information content (AvgIpc) is 3.02. The van der Waals surface area contributed by atoms with Crippen LogP contribution in [0.4, 0.5) is 5.69 Å². The maximum absolute atomic E-state index is 13.5. The number of carbonyl (C=O) groups is 2. The van der Waals surface area contributed by atoms with E-state index in [1.54, 1.807) is 6.07 Å². The molecule has 2 aliphatic rings. The fraction of sp³-hybridized carbons (Fsp3) is 0.385. The van der Waals surface area contributed by atoms with E-state index in [-0.39, 0.29) is 11.8 Å². The zero-order valence-corrected chi connectivity index (χ0v) is 20.2. The van der Waals surface area contributed by atoms with Crippen molar-refractivity contribution in [1.29, 1.82) is 0 Å². The molecule has 1 fully saturated rings. The second-order valence-corrected chi connectivity index (χ2v) is 9.08. The van der Waals surface area contributed by atoms with E-state index in [9.17, 15) is 9.59 Å². The van der Waals surface area contributed by atoms with Crippen LogP contribution in [0.5, 0.6) is 0 Å². The Morgan fingerprint density at radius 2 is 1.76 bits per heavy atom. The number of hydrogen-bond donors (Lipinski definition) is 1. The van der Waals surface area contributed by atoms with E-state index in [1.165, 1.54) is 4.90 Å². The molecule has 1 saturated heterocycles. The van der Waals surface area contributed by atoms with Crippen LogP contribution in [-0.2, 0) is 14.3 Å². The number of ether oxygens (including phenoxy) is 1. The summed E-state index contributed by atoms with van der Waals surface area (Å²) >= 11 is 6.30. The van der Waals surface area contributed by atoms with Gasteiger partial charge in [-0.05, 0) is 56.0 Å². The monoisotopic (exact) mass is 467 g/mol. The summed E-state index contributed by atoms with van der Waals surface area (Å²) in [7, 11) is 0. The van der Waals surface area contributed by atoms with Crippen LogP contribution in [0.2, 0.25) is 5.02 Å². The molecule has 2 amide bonds. The number of carbonyl (C=O) groups excluding carboxylic acids is 2. The predicted molar refractivity (Wildman–Crippen MR) is 131 cm³/mol. The number of imide groups is 1. The molecule has 2 aliphatic heterocycles. The number of amides is 2. The van der Waals surface area contributed by atoms with Crippen molar-refractivity contribution in [3.63, 3.8) is 0 Å². The fourth-order valence-corrected chi connectivity index (χ4v) is 4.57. The first-order valence-corrected chi connectivity index (χ1v) is 11.7. The van der Waals surface area contributed by atoms with Crippen molar-refractivity contribution in [2.75, 3.05) is 44.7 Å². The van der Waals surface area contributed by atoms with Crippen molar-refractivity contribution in [1.82, 2.24) is 9.80 Å². The van der Waals surface area contributed by atoms with E-state index in [0.717, 1.165) is 67.2 Å². The molecule has 0 unspecified atom stereocenters. The van der Waals surface area contributed by atoms with Gasteiger partial charge in [-0.1, -0.05) is 41.4 Å². The molecule has 0 saturated carbocycles. The second kappa shape index (κ2) is 10.1. The third-order valence-corrected chi connectivity index (χ3v) is 6.72. The van der Waals surface area contributed by atoms with Gasteiger partial charge in [0.1, 0.15) is 5.70 Å². The molecule has 0 spiro atoms. The van der Waals surface area contributed by atoms with Crippen LogP contribution in [0.3, 0.4) is 0 Å². The topological polar surface area (TPSA) is 61.9 Å². The molecule has 174 valence electrons. The molecule has 0 atom stereocenters. The van der Waals surface area contributed by atoms with Crippen molar-refractivity contribution >= 4 is 34.7 Å². The number of anilines is 1. The highest BCUT2D eigenvalue weighted by molar-refractivity contribution is 6.37. The summed E-state index contributed by atoms with van der Waals surface area (Å²) in [6.45, 7) is 10.3. The molecule has 0 aromatic heterocycles. The Hall–Kier alpha value is -2.67. The quantitative estimate of drug-likeness (QED) is 0.619. The highest BCUT2D eigenvalue weighted by Gasteiger charge is 2.39. The Bertz CT molecular complexity index is 1110. The molecule has 7 heteroatoms. The van der Waals surface area contributed by atoms with Gasteiger partial charge in [0.25, 0.3) is 11.8 Å². The number of aryl methyl sites for hydroxylation is 2. The maximum Gasteiger partial charge on any atom is 0.278 e. The van der Waals surface area contributed by atoms with Gasteiger partial charge in [0.2, 0.25) is 0 Å². The smallest absolute Gasteiger partial charge is 0.278 e. The Morgan fingerprint density at radius 3 is 2.48 bits per heavy atom. The average molecular weight is 468 g/mol. The summed E-state index contributed by atoms with van der Waals surface area (Å²) in [5, 5.41) is 3.85. The molecule has 2 aromatic rings. The molecule has 6 nitrogen and oxygen atoms in total. The molecule has 4 rings (SSSR count). The molecular weight excluding hydrogens is 438 g/mol. The van der Waals surface area contributed by atoms with Crippen LogP contribution in [0.15, 0.2) is 42.1 Å². The van der Waals surface area contributed by atoms with Crippen LogP contribution in [0.25, 0.3) is 5.57 Å². The molecular formula is C26H30ClN3O3. The van der Waals surface area contributed by atoms with Gasteiger partial charge in [0, 0.05) is 36.9 Å². The molecule has 33 heavy (non-hydrogen) atoms. The van der Waals surface area contributed by atoms with Crippen molar-refractivity contribution in [3.05, 3.63) is 69.4 Å². The molecule has 2 aromatic carbocycles. The summed E-state index contributed by atoms with van der Waals surface area (Å²) in [5.74, 6) is -0.549. The standard InChI is InChI=1S/C26H30ClN3O3/c1-17-8-9-20(18(2)16-17)23-24(28-22-7-4-6-21(27)19(22)3)26(32)30(25(23)31)11-5-10-29-12-14-33-15-13-29/h4,6-9,16,28H,5,10-15H2,1-3H3. The first-order valence-electron chi connectivity index (χ1n) is 11.4. The maximum atomic E-state index is 13.5. The molecule has 2 heterocycles. The van der Waals surface area contributed by atoms with Crippen molar-refractivity contribution in [2.45, 2.75) is 27.2 Å². The number of morpholine rings is 1. The third kappa shape index (κ3) is 4.98. The van der Waals surface area contributed by atoms with Crippen LogP contribution in [0, 0.1) is 20.8 Å². The summed E-state index contributed by atoms with van der Waals surface area (Å²) in [4.78, 5) is 30.7. The number of halogens is 1. The zero-order chi connectivity index (χ0) is 23.5. The normalized spacial score (nSPS) is 17.3. The van der Waals surface area contributed by atoms with Crippen molar-refractivity contribution in [3.8, 4) is 0 Å². The summed E-state index contributed by atoms with van der Waals surface area (Å²) in [6, 6.07) is 11.4.